The molecule has 2 aromatic carbocycles. The van der Waals surface area contributed by atoms with E-state index in [4.69, 9.17) is 14.2 Å². The fourth-order valence-electron chi connectivity index (χ4n) is 5.22. The minimum atomic E-state index is -0.969. The maximum atomic E-state index is 13.1. The summed E-state index contributed by atoms with van der Waals surface area (Å²) in [5, 5.41) is 9.31. The Labute approximate surface area is 239 Å². The number of nitrogens with zero attached hydrogens (tertiary/aromatic N) is 1. The average Bonchev–Trinajstić information content (AvgIpc) is 2.95. The summed E-state index contributed by atoms with van der Waals surface area (Å²) in [6.07, 6.45) is 9.11. The van der Waals surface area contributed by atoms with Gasteiger partial charge >= 0.3 is 12.1 Å². The van der Waals surface area contributed by atoms with Gasteiger partial charge in [-0.25, -0.2) is 9.59 Å². The van der Waals surface area contributed by atoms with Gasteiger partial charge in [0.25, 0.3) is 0 Å². The molecule has 7 heteroatoms. The van der Waals surface area contributed by atoms with Crippen molar-refractivity contribution < 1.29 is 28.9 Å². The van der Waals surface area contributed by atoms with Crippen LogP contribution in [0.15, 0.2) is 48.5 Å². The van der Waals surface area contributed by atoms with E-state index >= 15 is 0 Å². The lowest BCUT2D eigenvalue weighted by molar-refractivity contribution is -0.149. The maximum absolute atomic E-state index is 13.1. The van der Waals surface area contributed by atoms with Crippen molar-refractivity contribution in [3.8, 4) is 11.5 Å². The van der Waals surface area contributed by atoms with Gasteiger partial charge in [-0.3, -0.25) is 0 Å². The van der Waals surface area contributed by atoms with Gasteiger partial charge in [0.1, 0.15) is 18.1 Å². The number of carboxylic acids is 1. The van der Waals surface area contributed by atoms with Crippen molar-refractivity contribution in [1.29, 1.82) is 0 Å². The van der Waals surface area contributed by atoms with Gasteiger partial charge in [-0.05, 0) is 60.6 Å². The quantitative estimate of drug-likeness (QED) is 0.217. The van der Waals surface area contributed by atoms with Gasteiger partial charge in [-0.1, -0.05) is 83.1 Å². The molecule has 0 radical (unpaired) electrons. The molecule has 1 N–H and O–H groups in total. The largest absolute Gasteiger partial charge is 0.492 e. The summed E-state index contributed by atoms with van der Waals surface area (Å²) in [6, 6.07) is 15.1. The molecule has 1 aliphatic rings. The molecule has 0 bridgehead atoms. The zero-order chi connectivity index (χ0) is 28.7. The molecule has 0 aromatic heterocycles. The Balaban J connectivity index is 1.52. The minimum Gasteiger partial charge on any atom is -0.492 e. The molecular weight excluding hydrogens is 506 g/mol. The summed E-state index contributed by atoms with van der Waals surface area (Å²) in [5.74, 6) is 1.50. The standard InChI is InChI=1S/C33H47NO6/c1-4-38-31(32(35)36)24-27-13-17-29(18-14-27)39-23-22-34(21-9-8-12-26-10-6-5-7-11-26)33(37)40-30-19-15-28(16-20-30)25(2)3/h13-20,25-26,31H,4-12,21-24H2,1-3H3,(H,35,36). The SMILES string of the molecule is CCOC(Cc1ccc(OCCN(CCCCC2CCCCC2)C(=O)Oc2ccc(C(C)C)cc2)cc1)C(=O)O. The third-order valence-electron chi connectivity index (χ3n) is 7.64. The molecule has 0 aliphatic heterocycles. The van der Waals surface area contributed by atoms with Gasteiger partial charge in [0.2, 0.25) is 0 Å². The van der Waals surface area contributed by atoms with E-state index in [0.717, 1.165) is 24.3 Å². The van der Waals surface area contributed by atoms with Crippen molar-refractivity contribution >= 4 is 12.1 Å². The number of benzene rings is 2. The molecular formula is C33H47NO6. The third-order valence-corrected chi connectivity index (χ3v) is 7.64. The topological polar surface area (TPSA) is 85.3 Å². The van der Waals surface area contributed by atoms with Crippen LogP contribution >= 0.6 is 0 Å². The molecule has 1 amide bonds. The second-order valence-corrected chi connectivity index (χ2v) is 11.1. The highest BCUT2D eigenvalue weighted by Gasteiger charge is 2.19. The van der Waals surface area contributed by atoms with Crippen LogP contribution in [0.25, 0.3) is 0 Å². The van der Waals surface area contributed by atoms with Crippen molar-refractivity contribution in [3.05, 3.63) is 59.7 Å². The predicted molar refractivity (Wildman–Crippen MR) is 157 cm³/mol. The van der Waals surface area contributed by atoms with E-state index in [1.54, 1.807) is 11.8 Å². The highest BCUT2D eigenvalue weighted by Crippen LogP contribution is 2.28. The Kier molecular flexibility index (Phi) is 13.3. The summed E-state index contributed by atoms with van der Waals surface area (Å²) < 4.78 is 17.0. The van der Waals surface area contributed by atoms with Crippen molar-refractivity contribution in [1.82, 2.24) is 4.90 Å². The first kappa shape index (κ1) is 31.5. The number of amides is 1. The lowest BCUT2D eigenvalue weighted by atomic mass is 9.86. The number of hydrogen-bond acceptors (Lipinski definition) is 5. The van der Waals surface area contributed by atoms with Crippen LogP contribution in [-0.4, -0.2) is 54.5 Å². The fourth-order valence-corrected chi connectivity index (χ4v) is 5.22. The highest BCUT2D eigenvalue weighted by molar-refractivity contribution is 5.72. The van der Waals surface area contributed by atoms with Crippen LogP contribution in [0, 0.1) is 5.92 Å². The van der Waals surface area contributed by atoms with Crippen LogP contribution in [0.5, 0.6) is 11.5 Å². The van der Waals surface area contributed by atoms with Crippen LogP contribution in [0.1, 0.15) is 89.2 Å². The molecule has 220 valence electrons. The number of hydrogen-bond donors (Lipinski definition) is 1. The molecule has 1 atom stereocenters. The van der Waals surface area contributed by atoms with Crippen LogP contribution < -0.4 is 9.47 Å². The second kappa shape index (κ2) is 16.9. The molecule has 0 spiro atoms. The first-order valence-corrected chi connectivity index (χ1v) is 15.0. The summed E-state index contributed by atoms with van der Waals surface area (Å²) in [5.41, 5.74) is 2.06. The number of aliphatic carboxylic acids is 1. The number of rotatable bonds is 16. The van der Waals surface area contributed by atoms with Gasteiger partial charge in [-0.15, -0.1) is 0 Å². The molecule has 3 rings (SSSR count). The van der Waals surface area contributed by atoms with E-state index in [1.165, 1.54) is 44.1 Å². The van der Waals surface area contributed by atoms with Crippen molar-refractivity contribution in [2.75, 3.05) is 26.3 Å². The summed E-state index contributed by atoms with van der Waals surface area (Å²) in [7, 11) is 0. The average molecular weight is 554 g/mol. The number of unbranched alkanes of at least 4 members (excludes halogenated alkanes) is 1. The fraction of sp³-hybridized carbons (Fsp3) is 0.576. The third kappa shape index (κ3) is 10.8. The summed E-state index contributed by atoms with van der Waals surface area (Å²) >= 11 is 0. The first-order chi connectivity index (χ1) is 19.4. The number of carboxylic acid groups (broad SMARTS) is 1. The lowest BCUT2D eigenvalue weighted by Crippen LogP contribution is -2.37. The van der Waals surface area contributed by atoms with Crippen LogP contribution in [0.3, 0.4) is 0 Å². The van der Waals surface area contributed by atoms with Gasteiger partial charge in [0.05, 0.1) is 6.54 Å². The zero-order valence-electron chi connectivity index (χ0n) is 24.5. The van der Waals surface area contributed by atoms with Crippen molar-refractivity contribution in [2.45, 2.75) is 90.6 Å². The minimum absolute atomic E-state index is 0.294. The second-order valence-electron chi connectivity index (χ2n) is 11.1. The molecule has 2 aromatic rings. The van der Waals surface area contributed by atoms with Gasteiger partial charge in [0, 0.05) is 19.6 Å². The molecule has 0 heterocycles. The highest BCUT2D eigenvalue weighted by atomic mass is 16.6. The molecule has 40 heavy (non-hydrogen) atoms. The molecule has 1 saturated carbocycles. The molecule has 1 aliphatic carbocycles. The van der Waals surface area contributed by atoms with E-state index in [2.05, 4.69) is 13.8 Å². The predicted octanol–water partition coefficient (Wildman–Crippen LogP) is 7.47. The Morgan fingerprint density at radius 1 is 0.925 bits per heavy atom. The number of carbonyl (C=O) groups is 2. The van der Waals surface area contributed by atoms with Crippen molar-refractivity contribution in [3.63, 3.8) is 0 Å². The van der Waals surface area contributed by atoms with Gasteiger partial charge in [0.15, 0.2) is 6.10 Å². The van der Waals surface area contributed by atoms with Crippen molar-refractivity contribution in [2.24, 2.45) is 5.92 Å². The zero-order valence-corrected chi connectivity index (χ0v) is 24.5. The van der Waals surface area contributed by atoms with E-state index in [9.17, 15) is 14.7 Å². The Bertz CT molecular complexity index is 1010. The van der Waals surface area contributed by atoms with E-state index < -0.39 is 12.1 Å². The summed E-state index contributed by atoms with van der Waals surface area (Å²) in [4.78, 5) is 26.2. The van der Waals surface area contributed by atoms with Crippen LogP contribution in [0.2, 0.25) is 0 Å². The van der Waals surface area contributed by atoms with Crippen LogP contribution in [0.4, 0.5) is 4.79 Å². The Morgan fingerprint density at radius 2 is 1.60 bits per heavy atom. The smallest absolute Gasteiger partial charge is 0.415 e. The number of carbonyl (C=O) groups excluding carboxylic acids is 1. The molecule has 0 saturated heterocycles. The molecule has 7 nitrogen and oxygen atoms in total. The van der Waals surface area contributed by atoms with E-state index in [0.29, 0.717) is 50.1 Å². The normalized spacial score (nSPS) is 14.6. The Hall–Kier alpha value is -3.06. The monoisotopic (exact) mass is 553 g/mol. The Morgan fingerprint density at radius 3 is 2.23 bits per heavy atom. The van der Waals surface area contributed by atoms with E-state index in [-0.39, 0.29) is 6.09 Å². The maximum Gasteiger partial charge on any atom is 0.415 e. The first-order valence-electron chi connectivity index (χ1n) is 15.0. The van der Waals surface area contributed by atoms with E-state index in [1.807, 2.05) is 48.5 Å². The van der Waals surface area contributed by atoms with Gasteiger partial charge in [-0.2, -0.15) is 0 Å². The molecule has 1 unspecified atom stereocenters. The van der Waals surface area contributed by atoms with Gasteiger partial charge < -0.3 is 24.2 Å². The number of ether oxygens (including phenoxy) is 3. The van der Waals surface area contributed by atoms with Crippen LogP contribution in [-0.2, 0) is 16.0 Å². The lowest BCUT2D eigenvalue weighted by Gasteiger charge is -2.24. The summed E-state index contributed by atoms with van der Waals surface area (Å²) in [6.45, 7) is 7.78. The molecule has 1 fully saturated rings.